The van der Waals surface area contributed by atoms with Crippen LogP contribution in [0.5, 0.6) is 0 Å². The first-order valence-corrected chi connectivity index (χ1v) is 8.46. The number of carbonyl (C=O) groups is 1. The number of nitrogens with zero attached hydrogens (tertiary/aromatic N) is 1. The molecule has 0 N–H and O–H groups in total. The maximum Gasteiger partial charge on any atom is 0.162 e. The van der Waals surface area contributed by atoms with Crippen molar-refractivity contribution in [2.75, 3.05) is 20.6 Å². The monoisotopic (exact) mass is 309 g/mol. The summed E-state index contributed by atoms with van der Waals surface area (Å²) in [5.74, 6) is 0.246. The third-order valence-corrected chi connectivity index (χ3v) is 4.12. The van der Waals surface area contributed by atoms with E-state index in [1.54, 1.807) is 0 Å². The van der Waals surface area contributed by atoms with E-state index in [1.807, 2.05) is 30.3 Å². The molecule has 0 aliphatic heterocycles. The summed E-state index contributed by atoms with van der Waals surface area (Å²) >= 11 is 0. The van der Waals surface area contributed by atoms with E-state index in [0.717, 1.165) is 31.4 Å². The Labute approximate surface area is 140 Å². The summed E-state index contributed by atoms with van der Waals surface area (Å²) in [6.07, 6.45) is 4.80. The van der Waals surface area contributed by atoms with Crippen LogP contribution in [0.3, 0.4) is 0 Å². The third kappa shape index (κ3) is 5.99. The molecule has 0 atom stereocenters. The first-order chi connectivity index (χ1) is 11.2. The molecule has 2 rings (SSSR count). The molecule has 0 aromatic heterocycles. The maximum atomic E-state index is 12.2. The van der Waals surface area contributed by atoms with E-state index >= 15 is 0 Å². The Morgan fingerprint density at radius 2 is 1.39 bits per heavy atom. The van der Waals surface area contributed by atoms with E-state index < -0.39 is 0 Å². The van der Waals surface area contributed by atoms with Crippen molar-refractivity contribution in [3.8, 4) is 0 Å². The van der Waals surface area contributed by atoms with Crippen LogP contribution in [0, 0.1) is 0 Å². The van der Waals surface area contributed by atoms with Crippen LogP contribution in [0.25, 0.3) is 0 Å². The van der Waals surface area contributed by atoms with Crippen molar-refractivity contribution in [1.82, 2.24) is 4.90 Å². The van der Waals surface area contributed by atoms with Gasteiger partial charge in [-0.1, -0.05) is 54.6 Å². The van der Waals surface area contributed by atoms with Crippen LogP contribution in [-0.2, 0) is 12.8 Å². The van der Waals surface area contributed by atoms with Crippen LogP contribution >= 0.6 is 0 Å². The van der Waals surface area contributed by atoms with Gasteiger partial charge in [0, 0.05) is 12.0 Å². The van der Waals surface area contributed by atoms with Gasteiger partial charge in [-0.3, -0.25) is 4.79 Å². The van der Waals surface area contributed by atoms with Crippen LogP contribution in [0.15, 0.2) is 54.6 Å². The van der Waals surface area contributed by atoms with Gasteiger partial charge in [-0.2, -0.15) is 0 Å². The van der Waals surface area contributed by atoms with E-state index in [0.29, 0.717) is 6.42 Å². The first kappa shape index (κ1) is 17.4. The standard InChI is InChI=1S/C21H27NO/c1-22(2)17-9-15-19-11-7-6-10-18(19)14-8-16-21(23)20-12-4-3-5-13-20/h3-7,10-13H,8-9,14-17H2,1-2H3. The molecule has 2 aromatic rings. The fourth-order valence-electron chi connectivity index (χ4n) is 2.84. The lowest BCUT2D eigenvalue weighted by atomic mass is 9.97. The molecule has 122 valence electrons. The number of hydrogen-bond donors (Lipinski definition) is 0. The molecular weight excluding hydrogens is 282 g/mol. The van der Waals surface area contributed by atoms with Crippen molar-refractivity contribution >= 4 is 5.78 Å². The molecule has 2 nitrogen and oxygen atoms in total. The van der Waals surface area contributed by atoms with Crippen molar-refractivity contribution < 1.29 is 4.79 Å². The lowest BCUT2D eigenvalue weighted by Crippen LogP contribution is -2.13. The zero-order valence-electron chi connectivity index (χ0n) is 14.3. The SMILES string of the molecule is CN(C)CCCc1ccccc1CCCC(=O)c1ccccc1. The normalized spacial score (nSPS) is 10.9. The Morgan fingerprint density at radius 1 is 0.826 bits per heavy atom. The number of ketones is 1. The van der Waals surface area contributed by atoms with Gasteiger partial charge in [-0.25, -0.2) is 0 Å². The topological polar surface area (TPSA) is 20.3 Å². The van der Waals surface area contributed by atoms with Crippen molar-refractivity contribution in [1.29, 1.82) is 0 Å². The Balaban J connectivity index is 1.84. The second-order valence-corrected chi connectivity index (χ2v) is 6.32. The van der Waals surface area contributed by atoms with Gasteiger partial charge in [0.2, 0.25) is 0 Å². The predicted molar refractivity (Wildman–Crippen MR) is 97.0 cm³/mol. The van der Waals surface area contributed by atoms with Gasteiger partial charge in [-0.15, -0.1) is 0 Å². The molecule has 0 saturated carbocycles. The van der Waals surface area contributed by atoms with Crippen LogP contribution in [0.1, 0.15) is 40.7 Å². The molecule has 0 fully saturated rings. The fraction of sp³-hybridized carbons (Fsp3) is 0.381. The number of hydrogen-bond acceptors (Lipinski definition) is 2. The second-order valence-electron chi connectivity index (χ2n) is 6.32. The molecule has 0 amide bonds. The highest BCUT2D eigenvalue weighted by atomic mass is 16.1. The van der Waals surface area contributed by atoms with E-state index in [2.05, 4.69) is 43.3 Å². The summed E-state index contributed by atoms with van der Waals surface area (Å²) in [7, 11) is 4.22. The minimum absolute atomic E-state index is 0.246. The summed E-state index contributed by atoms with van der Waals surface area (Å²) in [6.45, 7) is 1.11. The predicted octanol–water partition coefficient (Wildman–Crippen LogP) is 4.39. The van der Waals surface area contributed by atoms with Crippen LogP contribution < -0.4 is 0 Å². The maximum absolute atomic E-state index is 12.2. The second kappa shape index (κ2) is 9.26. The lowest BCUT2D eigenvalue weighted by Gasteiger charge is -2.12. The fourth-order valence-corrected chi connectivity index (χ4v) is 2.84. The van der Waals surface area contributed by atoms with Gasteiger partial charge in [-0.05, 0) is 57.5 Å². The molecule has 0 spiro atoms. The Morgan fingerprint density at radius 3 is 2.00 bits per heavy atom. The summed E-state index contributed by atoms with van der Waals surface area (Å²) in [5, 5.41) is 0. The number of rotatable bonds is 9. The highest BCUT2D eigenvalue weighted by molar-refractivity contribution is 5.95. The van der Waals surface area contributed by atoms with E-state index in [1.165, 1.54) is 17.5 Å². The van der Waals surface area contributed by atoms with Gasteiger partial charge in [0.25, 0.3) is 0 Å². The van der Waals surface area contributed by atoms with Gasteiger partial charge in [0.05, 0.1) is 0 Å². The average molecular weight is 309 g/mol. The van der Waals surface area contributed by atoms with Crippen LogP contribution in [0.4, 0.5) is 0 Å². The minimum Gasteiger partial charge on any atom is -0.309 e. The summed E-state index contributed by atoms with van der Waals surface area (Å²) in [6, 6.07) is 18.2. The van der Waals surface area contributed by atoms with Crippen molar-refractivity contribution in [3.63, 3.8) is 0 Å². The van der Waals surface area contributed by atoms with E-state index in [-0.39, 0.29) is 5.78 Å². The molecule has 0 bridgehead atoms. The Bertz CT molecular complexity index is 604. The molecule has 0 heterocycles. The summed E-state index contributed by atoms with van der Waals surface area (Å²) in [4.78, 5) is 14.4. The summed E-state index contributed by atoms with van der Waals surface area (Å²) < 4.78 is 0. The molecule has 2 heteroatoms. The van der Waals surface area contributed by atoms with Gasteiger partial charge >= 0.3 is 0 Å². The van der Waals surface area contributed by atoms with Crippen molar-refractivity contribution in [3.05, 3.63) is 71.3 Å². The molecule has 0 unspecified atom stereocenters. The highest BCUT2D eigenvalue weighted by Gasteiger charge is 2.07. The molecule has 0 aliphatic carbocycles. The molecular formula is C21H27NO. The Kier molecular flexibility index (Phi) is 7.02. The first-order valence-electron chi connectivity index (χ1n) is 8.46. The highest BCUT2D eigenvalue weighted by Crippen LogP contribution is 2.15. The lowest BCUT2D eigenvalue weighted by molar-refractivity contribution is 0.0980. The largest absolute Gasteiger partial charge is 0.309 e. The number of carbonyl (C=O) groups excluding carboxylic acids is 1. The molecule has 0 radical (unpaired) electrons. The minimum atomic E-state index is 0.246. The summed E-state index contributed by atoms with van der Waals surface area (Å²) in [5.41, 5.74) is 3.65. The van der Waals surface area contributed by atoms with E-state index in [9.17, 15) is 4.79 Å². The average Bonchev–Trinajstić information content (AvgIpc) is 2.56. The number of Topliss-reactive ketones (excluding diaryl/α,β-unsaturated/α-hetero) is 1. The zero-order chi connectivity index (χ0) is 16.5. The van der Waals surface area contributed by atoms with Gasteiger partial charge < -0.3 is 4.90 Å². The number of benzene rings is 2. The molecule has 23 heavy (non-hydrogen) atoms. The van der Waals surface area contributed by atoms with Gasteiger partial charge in [0.15, 0.2) is 5.78 Å². The quantitative estimate of drug-likeness (QED) is 0.640. The third-order valence-electron chi connectivity index (χ3n) is 4.12. The molecule has 2 aromatic carbocycles. The van der Waals surface area contributed by atoms with Crippen molar-refractivity contribution in [2.45, 2.75) is 32.1 Å². The van der Waals surface area contributed by atoms with Crippen molar-refractivity contribution in [2.24, 2.45) is 0 Å². The smallest absolute Gasteiger partial charge is 0.162 e. The molecule has 0 saturated heterocycles. The Hall–Kier alpha value is -1.93. The zero-order valence-corrected chi connectivity index (χ0v) is 14.3. The number of aryl methyl sites for hydroxylation is 2. The van der Waals surface area contributed by atoms with E-state index in [4.69, 9.17) is 0 Å². The van der Waals surface area contributed by atoms with Gasteiger partial charge in [0.1, 0.15) is 0 Å². The van der Waals surface area contributed by atoms with Crippen LogP contribution in [-0.4, -0.2) is 31.3 Å². The van der Waals surface area contributed by atoms with Crippen LogP contribution in [0.2, 0.25) is 0 Å². The molecule has 0 aliphatic rings.